The van der Waals surface area contributed by atoms with Crippen molar-refractivity contribution in [2.75, 3.05) is 5.73 Å². The Morgan fingerprint density at radius 3 is 3.12 bits per heavy atom. The van der Waals surface area contributed by atoms with Crippen LogP contribution in [0.25, 0.3) is 11.2 Å². The number of nitrogen functional groups attached to an aromatic ring is 1. The van der Waals surface area contributed by atoms with E-state index < -0.39 is 0 Å². The van der Waals surface area contributed by atoms with Gasteiger partial charge in [0, 0.05) is 6.20 Å². The van der Waals surface area contributed by atoms with Gasteiger partial charge in [0.05, 0.1) is 5.69 Å². The Kier molecular flexibility index (Phi) is 2.25. The van der Waals surface area contributed by atoms with Crippen molar-refractivity contribution in [2.45, 2.75) is 13.3 Å². The maximum atomic E-state index is 6.05. The SMILES string of the molecule is CC1CC=CC=C1c1c(N)nc2ccccn12. The standard InChI is InChI=1S/C14H15N3/c1-10-6-2-3-7-11(10)13-14(15)16-12-8-4-5-9-17(12)13/h2-5,7-10H,6,15H2,1H3. The minimum atomic E-state index is 0.488. The predicted octanol–water partition coefficient (Wildman–Crippen LogP) is 2.90. The van der Waals surface area contributed by atoms with Crippen molar-refractivity contribution >= 4 is 17.0 Å². The van der Waals surface area contributed by atoms with E-state index >= 15 is 0 Å². The summed E-state index contributed by atoms with van der Waals surface area (Å²) in [6.07, 6.45) is 9.50. The summed E-state index contributed by atoms with van der Waals surface area (Å²) in [6, 6.07) is 5.95. The molecule has 3 nitrogen and oxygen atoms in total. The molecular formula is C14H15N3. The molecular weight excluding hydrogens is 210 g/mol. The van der Waals surface area contributed by atoms with E-state index in [9.17, 15) is 0 Å². The van der Waals surface area contributed by atoms with Gasteiger partial charge in [0.2, 0.25) is 0 Å². The second-order valence-corrected chi connectivity index (χ2v) is 4.46. The number of anilines is 1. The number of imidazole rings is 1. The molecule has 86 valence electrons. The van der Waals surface area contributed by atoms with Crippen LogP contribution in [0, 0.1) is 5.92 Å². The molecule has 0 aliphatic heterocycles. The molecule has 0 radical (unpaired) electrons. The third-order valence-corrected chi connectivity index (χ3v) is 3.26. The zero-order valence-electron chi connectivity index (χ0n) is 9.80. The van der Waals surface area contributed by atoms with E-state index in [0.717, 1.165) is 17.8 Å². The lowest BCUT2D eigenvalue weighted by Crippen LogP contribution is -2.05. The quantitative estimate of drug-likeness (QED) is 0.811. The van der Waals surface area contributed by atoms with Crippen molar-refractivity contribution in [1.29, 1.82) is 0 Å². The molecule has 0 saturated carbocycles. The number of aromatic nitrogens is 2. The topological polar surface area (TPSA) is 43.3 Å². The fourth-order valence-electron chi connectivity index (χ4n) is 2.36. The molecule has 3 heteroatoms. The number of hydrogen-bond donors (Lipinski definition) is 1. The summed E-state index contributed by atoms with van der Waals surface area (Å²) in [6.45, 7) is 2.22. The fraction of sp³-hybridized carbons (Fsp3) is 0.214. The predicted molar refractivity (Wildman–Crippen MR) is 70.5 cm³/mol. The number of pyridine rings is 1. The molecule has 0 fully saturated rings. The van der Waals surface area contributed by atoms with Gasteiger partial charge in [-0.2, -0.15) is 0 Å². The van der Waals surface area contributed by atoms with Crippen molar-refractivity contribution in [2.24, 2.45) is 5.92 Å². The Labute approximate surface area is 100 Å². The number of hydrogen-bond acceptors (Lipinski definition) is 2. The average molecular weight is 225 g/mol. The summed E-state index contributed by atoms with van der Waals surface area (Å²) < 4.78 is 2.07. The van der Waals surface area contributed by atoms with Crippen LogP contribution in [0.1, 0.15) is 19.0 Å². The molecule has 1 unspecified atom stereocenters. The highest BCUT2D eigenvalue weighted by Gasteiger charge is 2.19. The van der Waals surface area contributed by atoms with Crippen LogP contribution < -0.4 is 5.73 Å². The van der Waals surface area contributed by atoms with Gasteiger partial charge >= 0.3 is 0 Å². The molecule has 2 aromatic heterocycles. The summed E-state index contributed by atoms with van der Waals surface area (Å²) in [5.41, 5.74) is 9.26. The first-order valence-corrected chi connectivity index (χ1v) is 5.87. The van der Waals surface area contributed by atoms with E-state index in [1.165, 1.54) is 5.57 Å². The Bertz CT molecular complexity index is 619. The Morgan fingerprint density at radius 2 is 2.29 bits per heavy atom. The number of rotatable bonds is 1. The molecule has 2 N–H and O–H groups in total. The van der Waals surface area contributed by atoms with E-state index in [0.29, 0.717) is 11.7 Å². The lowest BCUT2D eigenvalue weighted by Gasteiger charge is -2.17. The summed E-state index contributed by atoms with van der Waals surface area (Å²) in [5.74, 6) is 1.10. The van der Waals surface area contributed by atoms with Crippen LogP contribution in [-0.4, -0.2) is 9.38 Å². The smallest absolute Gasteiger partial charge is 0.150 e. The minimum Gasteiger partial charge on any atom is -0.382 e. The van der Waals surface area contributed by atoms with E-state index in [2.05, 4.69) is 34.5 Å². The number of nitrogens with zero attached hydrogens (tertiary/aromatic N) is 2. The molecule has 0 bridgehead atoms. The molecule has 0 amide bonds. The summed E-state index contributed by atoms with van der Waals surface area (Å²) >= 11 is 0. The zero-order chi connectivity index (χ0) is 11.8. The highest BCUT2D eigenvalue weighted by atomic mass is 15.1. The first-order valence-electron chi connectivity index (χ1n) is 5.87. The molecule has 1 aliphatic carbocycles. The first kappa shape index (κ1) is 10.1. The van der Waals surface area contributed by atoms with E-state index in [-0.39, 0.29) is 0 Å². The molecule has 1 atom stereocenters. The fourth-order valence-corrected chi connectivity index (χ4v) is 2.36. The van der Waals surface area contributed by atoms with Crippen LogP contribution >= 0.6 is 0 Å². The molecule has 2 aromatic rings. The van der Waals surface area contributed by atoms with Crippen molar-refractivity contribution in [3.05, 3.63) is 48.3 Å². The summed E-state index contributed by atoms with van der Waals surface area (Å²) in [4.78, 5) is 4.40. The normalized spacial score (nSPS) is 19.6. The van der Waals surface area contributed by atoms with Crippen LogP contribution in [0.3, 0.4) is 0 Å². The Balaban J connectivity index is 2.26. The minimum absolute atomic E-state index is 0.488. The third kappa shape index (κ3) is 1.55. The van der Waals surface area contributed by atoms with E-state index in [4.69, 9.17) is 5.73 Å². The van der Waals surface area contributed by atoms with Crippen LogP contribution in [0.15, 0.2) is 42.6 Å². The van der Waals surface area contributed by atoms with Gasteiger partial charge in [0.1, 0.15) is 5.65 Å². The molecule has 0 saturated heterocycles. The van der Waals surface area contributed by atoms with Crippen molar-refractivity contribution in [3.8, 4) is 0 Å². The number of fused-ring (bicyclic) bond motifs is 1. The molecule has 0 aromatic carbocycles. The molecule has 0 spiro atoms. The van der Waals surface area contributed by atoms with Gasteiger partial charge in [-0.1, -0.05) is 31.2 Å². The van der Waals surface area contributed by atoms with E-state index in [1.54, 1.807) is 0 Å². The van der Waals surface area contributed by atoms with Crippen molar-refractivity contribution in [3.63, 3.8) is 0 Å². The second-order valence-electron chi connectivity index (χ2n) is 4.46. The molecule has 1 aliphatic rings. The third-order valence-electron chi connectivity index (χ3n) is 3.26. The van der Waals surface area contributed by atoms with Gasteiger partial charge in [-0.25, -0.2) is 4.98 Å². The second kappa shape index (κ2) is 3.77. The Morgan fingerprint density at radius 1 is 1.41 bits per heavy atom. The van der Waals surface area contributed by atoms with Gasteiger partial charge < -0.3 is 5.73 Å². The zero-order valence-corrected chi connectivity index (χ0v) is 9.80. The van der Waals surface area contributed by atoms with Crippen LogP contribution in [0.4, 0.5) is 5.82 Å². The van der Waals surface area contributed by atoms with Gasteiger partial charge in [-0.15, -0.1) is 0 Å². The highest BCUT2D eigenvalue weighted by molar-refractivity contribution is 5.77. The maximum Gasteiger partial charge on any atom is 0.150 e. The van der Waals surface area contributed by atoms with Crippen LogP contribution in [-0.2, 0) is 0 Å². The van der Waals surface area contributed by atoms with Gasteiger partial charge in [-0.3, -0.25) is 4.40 Å². The van der Waals surface area contributed by atoms with E-state index in [1.807, 2.05) is 24.4 Å². The largest absolute Gasteiger partial charge is 0.382 e. The first-order chi connectivity index (χ1) is 8.27. The van der Waals surface area contributed by atoms with Gasteiger partial charge in [0.15, 0.2) is 5.82 Å². The monoisotopic (exact) mass is 225 g/mol. The molecule has 17 heavy (non-hydrogen) atoms. The average Bonchev–Trinajstić information content (AvgIpc) is 2.66. The van der Waals surface area contributed by atoms with Crippen LogP contribution in [0.2, 0.25) is 0 Å². The lowest BCUT2D eigenvalue weighted by molar-refractivity contribution is 0.753. The molecule has 2 heterocycles. The van der Waals surface area contributed by atoms with Crippen LogP contribution in [0.5, 0.6) is 0 Å². The highest BCUT2D eigenvalue weighted by Crippen LogP contribution is 2.32. The Hall–Kier alpha value is -2.03. The van der Waals surface area contributed by atoms with Crippen molar-refractivity contribution < 1.29 is 0 Å². The van der Waals surface area contributed by atoms with Gasteiger partial charge in [0.25, 0.3) is 0 Å². The van der Waals surface area contributed by atoms with Gasteiger partial charge in [-0.05, 0) is 30.0 Å². The van der Waals surface area contributed by atoms with Crippen molar-refractivity contribution in [1.82, 2.24) is 9.38 Å². The maximum absolute atomic E-state index is 6.05. The summed E-state index contributed by atoms with van der Waals surface area (Å²) in [5, 5.41) is 0. The number of nitrogens with two attached hydrogens (primary N) is 1. The summed E-state index contributed by atoms with van der Waals surface area (Å²) in [7, 11) is 0. The number of allylic oxidation sites excluding steroid dienone is 4. The molecule has 3 rings (SSSR count). The lowest BCUT2D eigenvalue weighted by atomic mass is 9.91.